The Hall–Kier alpha value is -2.35. The number of hydrogen-bond donors (Lipinski definition) is 2. The number of nitrogens with zero attached hydrogens (tertiary/aromatic N) is 1. The summed E-state index contributed by atoms with van der Waals surface area (Å²) in [5, 5.41) is 13.7. The van der Waals surface area contributed by atoms with Crippen molar-refractivity contribution in [3.63, 3.8) is 0 Å². The Bertz CT molecular complexity index is 465. The van der Waals surface area contributed by atoms with Crippen molar-refractivity contribution in [1.82, 2.24) is 10.6 Å². The fraction of sp³-hybridized carbons (Fsp3) is 0.357. The van der Waals surface area contributed by atoms with E-state index < -0.39 is 6.04 Å². The van der Waals surface area contributed by atoms with Gasteiger partial charge in [-0.25, -0.2) is 0 Å². The van der Waals surface area contributed by atoms with E-state index >= 15 is 0 Å². The molecule has 0 saturated heterocycles. The molecule has 19 heavy (non-hydrogen) atoms. The minimum Gasteiger partial charge on any atom is -0.353 e. The van der Waals surface area contributed by atoms with Crippen LogP contribution in [0, 0.1) is 11.3 Å². The summed E-state index contributed by atoms with van der Waals surface area (Å²) >= 11 is 0. The first-order valence-corrected chi connectivity index (χ1v) is 6.09. The molecule has 0 fully saturated rings. The van der Waals surface area contributed by atoms with Crippen molar-refractivity contribution < 1.29 is 9.59 Å². The predicted molar refractivity (Wildman–Crippen MR) is 71.0 cm³/mol. The zero-order valence-corrected chi connectivity index (χ0v) is 10.8. The second kappa shape index (κ2) is 7.88. The van der Waals surface area contributed by atoms with Gasteiger partial charge in [0.25, 0.3) is 0 Å². The van der Waals surface area contributed by atoms with Crippen LogP contribution in [0.5, 0.6) is 0 Å². The lowest BCUT2D eigenvalue weighted by molar-refractivity contribution is -0.128. The average Bonchev–Trinajstić information content (AvgIpc) is 2.39. The lowest BCUT2D eigenvalue weighted by Crippen LogP contribution is -2.47. The molecule has 2 N–H and O–H groups in total. The molecule has 1 unspecified atom stereocenters. The molecule has 1 atom stereocenters. The highest BCUT2D eigenvalue weighted by Gasteiger charge is 2.19. The second-order valence-electron chi connectivity index (χ2n) is 4.14. The van der Waals surface area contributed by atoms with Crippen LogP contribution in [0.2, 0.25) is 0 Å². The lowest BCUT2D eigenvalue weighted by Gasteiger charge is -2.17. The molecule has 0 spiro atoms. The van der Waals surface area contributed by atoms with E-state index in [0.717, 1.165) is 5.56 Å². The maximum Gasteiger partial charge on any atom is 0.242 e. The van der Waals surface area contributed by atoms with Gasteiger partial charge in [-0.2, -0.15) is 5.26 Å². The van der Waals surface area contributed by atoms with E-state index in [1.807, 2.05) is 36.4 Å². The third-order valence-electron chi connectivity index (χ3n) is 2.51. The number of nitrogens with one attached hydrogen (secondary N) is 2. The first-order valence-electron chi connectivity index (χ1n) is 6.09. The van der Waals surface area contributed by atoms with Crippen molar-refractivity contribution in [2.75, 3.05) is 6.54 Å². The molecular formula is C14H17N3O2. The van der Waals surface area contributed by atoms with Gasteiger partial charge in [-0.3, -0.25) is 9.59 Å². The Morgan fingerprint density at radius 3 is 2.58 bits per heavy atom. The molecule has 1 rings (SSSR count). The van der Waals surface area contributed by atoms with E-state index in [0.29, 0.717) is 13.0 Å². The molecule has 5 heteroatoms. The summed E-state index contributed by atoms with van der Waals surface area (Å²) in [6, 6.07) is 10.8. The van der Waals surface area contributed by atoms with Gasteiger partial charge in [-0.05, 0) is 5.56 Å². The summed E-state index contributed by atoms with van der Waals surface area (Å²) in [6.07, 6.45) is 0.683. The van der Waals surface area contributed by atoms with Crippen molar-refractivity contribution in [1.29, 1.82) is 5.26 Å². The van der Waals surface area contributed by atoms with E-state index in [1.54, 1.807) is 0 Å². The van der Waals surface area contributed by atoms with Gasteiger partial charge in [-0.1, -0.05) is 30.3 Å². The fourth-order valence-corrected chi connectivity index (χ4v) is 1.67. The maximum atomic E-state index is 11.9. The minimum absolute atomic E-state index is 0.253. The quantitative estimate of drug-likeness (QED) is 0.740. The molecular weight excluding hydrogens is 242 g/mol. The van der Waals surface area contributed by atoms with Crippen LogP contribution in [0.1, 0.15) is 18.9 Å². The van der Waals surface area contributed by atoms with Crippen LogP contribution in [-0.4, -0.2) is 24.4 Å². The lowest BCUT2D eigenvalue weighted by atomic mass is 10.1. The summed E-state index contributed by atoms with van der Waals surface area (Å²) in [5.41, 5.74) is 0.969. The van der Waals surface area contributed by atoms with Crippen LogP contribution in [0.25, 0.3) is 0 Å². The number of benzene rings is 1. The number of carbonyl (C=O) groups is 2. The van der Waals surface area contributed by atoms with Gasteiger partial charge in [0.05, 0.1) is 12.5 Å². The minimum atomic E-state index is -0.612. The van der Waals surface area contributed by atoms with Gasteiger partial charge in [0.15, 0.2) is 0 Å². The first kappa shape index (κ1) is 14.7. The zero-order chi connectivity index (χ0) is 14.1. The summed E-state index contributed by atoms with van der Waals surface area (Å²) in [7, 11) is 0. The molecule has 0 aliphatic carbocycles. The van der Waals surface area contributed by atoms with Gasteiger partial charge in [0, 0.05) is 19.9 Å². The molecule has 2 amide bonds. The van der Waals surface area contributed by atoms with Crippen LogP contribution in [0.15, 0.2) is 30.3 Å². The highest BCUT2D eigenvalue weighted by atomic mass is 16.2. The molecule has 0 aromatic heterocycles. The molecule has 0 bridgehead atoms. The average molecular weight is 259 g/mol. The zero-order valence-electron chi connectivity index (χ0n) is 10.8. The van der Waals surface area contributed by atoms with E-state index in [4.69, 9.17) is 5.26 Å². The van der Waals surface area contributed by atoms with Gasteiger partial charge >= 0.3 is 0 Å². The standard InChI is InChI=1S/C14H17N3O2/c1-11(18)17-13(14(19)16-9-5-8-15)10-12-6-3-2-4-7-12/h2-4,6-7,13H,5,9-10H2,1H3,(H,16,19)(H,17,18). The number of hydrogen-bond acceptors (Lipinski definition) is 3. The van der Waals surface area contributed by atoms with Crippen molar-refractivity contribution in [2.24, 2.45) is 0 Å². The Morgan fingerprint density at radius 1 is 1.32 bits per heavy atom. The number of nitriles is 1. The summed E-state index contributed by atoms with van der Waals surface area (Å²) in [4.78, 5) is 23.1. The van der Waals surface area contributed by atoms with E-state index in [-0.39, 0.29) is 18.2 Å². The van der Waals surface area contributed by atoms with Crippen molar-refractivity contribution in [3.05, 3.63) is 35.9 Å². The molecule has 0 saturated carbocycles. The Morgan fingerprint density at radius 2 is 2.00 bits per heavy atom. The van der Waals surface area contributed by atoms with Gasteiger partial charge in [0.2, 0.25) is 11.8 Å². The second-order valence-corrected chi connectivity index (χ2v) is 4.14. The summed E-state index contributed by atoms with van der Waals surface area (Å²) < 4.78 is 0. The monoisotopic (exact) mass is 259 g/mol. The molecule has 5 nitrogen and oxygen atoms in total. The summed E-state index contributed by atoms with van der Waals surface area (Å²) in [6.45, 7) is 1.67. The molecule has 0 aliphatic heterocycles. The number of amides is 2. The highest BCUT2D eigenvalue weighted by molar-refractivity contribution is 5.87. The van der Waals surface area contributed by atoms with Crippen molar-refractivity contribution in [3.8, 4) is 6.07 Å². The van der Waals surface area contributed by atoms with E-state index in [9.17, 15) is 9.59 Å². The normalized spacial score (nSPS) is 11.2. The molecule has 100 valence electrons. The van der Waals surface area contributed by atoms with E-state index in [2.05, 4.69) is 10.6 Å². The number of rotatable bonds is 6. The smallest absolute Gasteiger partial charge is 0.242 e. The molecule has 1 aromatic carbocycles. The van der Waals surface area contributed by atoms with Crippen LogP contribution in [-0.2, 0) is 16.0 Å². The largest absolute Gasteiger partial charge is 0.353 e. The SMILES string of the molecule is CC(=O)NC(Cc1ccccc1)C(=O)NCCC#N. The Kier molecular flexibility index (Phi) is 6.10. The molecule has 1 aromatic rings. The van der Waals surface area contributed by atoms with Crippen LogP contribution in [0.4, 0.5) is 0 Å². The van der Waals surface area contributed by atoms with Gasteiger partial charge in [-0.15, -0.1) is 0 Å². The molecule has 0 radical (unpaired) electrons. The molecule has 0 heterocycles. The van der Waals surface area contributed by atoms with Gasteiger partial charge in [0.1, 0.15) is 6.04 Å². The Labute approximate surface area is 112 Å². The maximum absolute atomic E-state index is 11.9. The molecule has 0 aliphatic rings. The topological polar surface area (TPSA) is 82.0 Å². The van der Waals surface area contributed by atoms with Gasteiger partial charge < -0.3 is 10.6 Å². The number of carbonyl (C=O) groups excluding carboxylic acids is 2. The van der Waals surface area contributed by atoms with E-state index in [1.165, 1.54) is 6.92 Å². The first-order chi connectivity index (χ1) is 9.13. The fourth-order valence-electron chi connectivity index (χ4n) is 1.67. The van der Waals surface area contributed by atoms with Crippen LogP contribution < -0.4 is 10.6 Å². The predicted octanol–water partition coefficient (Wildman–Crippen LogP) is 0.764. The summed E-state index contributed by atoms with van der Waals surface area (Å²) in [5.74, 6) is -0.523. The van der Waals surface area contributed by atoms with Crippen LogP contribution in [0.3, 0.4) is 0 Å². The van der Waals surface area contributed by atoms with Crippen molar-refractivity contribution >= 4 is 11.8 Å². The Balaban J connectivity index is 2.63. The third kappa shape index (κ3) is 5.68. The highest BCUT2D eigenvalue weighted by Crippen LogP contribution is 2.03. The van der Waals surface area contributed by atoms with Crippen LogP contribution >= 0.6 is 0 Å². The van der Waals surface area contributed by atoms with Crippen molar-refractivity contribution in [2.45, 2.75) is 25.8 Å². The third-order valence-corrected chi connectivity index (χ3v) is 2.51.